The molecule has 0 atom stereocenters. The Morgan fingerprint density at radius 2 is 0.698 bits per heavy atom. The third-order valence-corrected chi connectivity index (χ3v) is 45.2. The molecule has 0 unspecified atom stereocenters. The molecule has 0 aliphatic carbocycles. The van der Waals surface area contributed by atoms with Crippen LogP contribution in [0.3, 0.4) is 0 Å². The second-order valence-corrected chi connectivity index (χ2v) is 37.5. The van der Waals surface area contributed by atoms with Crippen molar-refractivity contribution in [2.24, 2.45) is 0 Å². The zero-order valence-electron chi connectivity index (χ0n) is 26.2. The van der Waals surface area contributed by atoms with Gasteiger partial charge in [-0.1, -0.05) is 55.0 Å². The van der Waals surface area contributed by atoms with Crippen molar-refractivity contribution in [3.8, 4) is 0 Å². The molecule has 0 spiro atoms. The lowest BCUT2D eigenvalue weighted by atomic mass is 10.1. The molecule has 0 saturated carbocycles. The molecule has 246 valence electrons. The minimum Gasteiger partial charge on any atom is -0.478 e. The fourth-order valence-electron chi connectivity index (χ4n) is 5.80. The van der Waals surface area contributed by atoms with Crippen LogP contribution in [0.1, 0.15) is 67.7 Å². The molecule has 0 aromatic carbocycles. The molecule has 6 aliphatic heterocycles. The summed E-state index contributed by atoms with van der Waals surface area (Å²) in [6.07, 6.45) is 1.39. The van der Waals surface area contributed by atoms with E-state index in [1.807, 2.05) is 48.5 Å². The number of carbonyl (C=O) groups is 1. The van der Waals surface area contributed by atoms with Gasteiger partial charge in [0.2, 0.25) is 0 Å². The Morgan fingerprint density at radius 1 is 0.465 bits per heavy atom. The summed E-state index contributed by atoms with van der Waals surface area (Å²) in [5, 5.41) is 9.33. The van der Waals surface area contributed by atoms with Crippen molar-refractivity contribution >= 4 is 76.4 Å². The van der Waals surface area contributed by atoms with E-state index in [9.17, 15) is 9.90 Å². The van der Waals surface area contributed by atoms with Crippen LogP contribution in [0.2, 0.25) is 48.4 Å². The quantitative estimate of drug-likeness (QED) is 0.158. The molecular weight excluding hydrogens is 701 g/mol. The van der Waals surface area contributed by atoms with Gasteiger partial charge in [0.25, 0.3) is 0 Å². The van der Waals surface area contributed by atoms with Crippen LogP contribution < -0.4 is 0 Å². The van der Waals surface area contributed by atoms with Crippen LogP contribution in [-0.2, 0) is 54.2 Å². The average Bonchev–Trinajstić information content (AvgIpc) is 2.94. The fraction of sp³-hybridized carbons (Fsp3) is 0.857. The highest BCUT2D eigenvalue weighted by molar-refractivity contribution is 7.03. The number of carboxylic acid groups (broad SMARTS) is 1. The smallest absolute Gasteiger partial charge is 0.478 e. The van der Waals surface area contributed by atoms with Gasteiger partial charge < -0.3 is 54.5 Å². The van der Waals surface area contributed by atoms with Crippen molar-refractivity contribution in [2.45, 2.75) is 116 Å². The predicted octanol–water partition coefficient (Wildman–Crippen LogP) is 4.72. The predicted molar refractivity (Wildman–Crippen MR) is 168 cm³/mol. The van der Waals surface area contributed by atoms with Gasteiger partial charge in [0.1, 0.15) is 0 Å². The Balaban J connectivity index is 1.73. The second-order valence-electron chi connectivity index (χ2n) is 11.3. The number of hydrogen-bond donors (Lipinski definition) is 1. The normalized spacial score (nSPS) is 47.0. The van der Waals surface area contributed by atoms with Gasteiger partial charge >= 0.3 is 76.4 Å². The first-order valence-electron chi connectivity index (χ1n) is 15.6. The summed E-state index contributed by atoms with van der Waals surface area (Å²) < 4.78 is 85.2. The molecule has 14 nitrogen and oxygen atoms in total. The van der Waals surface area contributed by atoms with Crippen LogP contribution in [0.4, 0.5) is 0 Å². The van der Waals surface area contributed by atoms with Crippen molar-refractivity contribution in [2.75, 3.05) is 0 Å². The standard InChI is InChI=1S/C21H46O14Si8/c1-9-36-24-37(10-2)27-40(13-5)29-38(11-3,25-36)31-42(15-7)32-39(12-4,26-36)30-41(14-6,28-37)34-43(33-40,35-42)19-17-16-18-20(8)21(22)23/h8-19H2,1-7H3,(H,22,23). The highest BCUT2D eigenvalue weighted by Crippen LogP contribution is 2.53. The van der Waals surface area contributed by atoms with Gasteiger partial charge in [-0.15, -0.1) is 0 Å². The average molecular weight is 747 g/mol. The lowest BCUT2D eigenvalue weighted by molar-refractivity contribution is -0.132. The van der Waals surface area contributed by atoms with Crippen molar-refractivity contribution in [1.82, 2.24) is 0 Å². The van der Waals surface area contributed by atoms with Crippen LogP contribution in [0, 0.1) is 0 Å². The largest absolute Gasteiger partial charge is 0.478 e. The highest BCUT2D eigenvalue weighted by atomic mass is 28.6. The van der Waals surface area contributed by atoms with Gasteiger partial charge in [-0.25, -0.2) is 4.79 Å². The molecule has 6 heterocycles. The first-order chi connectivity index (χ1) is 20.2. The Morgan fingerprint density at radius 3 is 0.907 bits per heavy atom. The molecule has 43 heavy (non-hydrogen) atoms. The third kappa shape index (κ3) is 6.25. The molecule has 22 heteroatoms. The summed E-state index contributed by atoms with van der Waals surface area (Å²) in [6.45, 7) is 17.4. The topological polar surface area (TPSA) is 148 Å². The van der Waals surface area contributed by atoms with E-state index in [-0.39, 0.29) is 5.57 Å². The second kappa shape index (κ2) is 12.2. The molecule has 0 aromatic rings. The molecule has 0 aromatic heterocycles. The van der Waals surface area contributed by atoms with Crippen LogP contribution in [0.5, 0.6) is 0 Å². The van der Waals surface area contributed by atoms with E-state index in [0.29, 0.717) is 67.6 Å². The Hall–Kier alpha value is 0.465. The zero-order valence-corrected chi connectivity index (χ0v) is 34.2. The van der Waals surface area contributed by atoms with E-state index in [2.05, 4.69) is 6.58 Å². The van der Waals surface area contributed by atoms with Crippen LogP contribution in [0.15, 0.2) is 12.2 Å². The third-order valence-electron chi connectivity index (χ3n) is 8.28. The molecule has 6 fully saturated rings. The maximum absolute atomic E-state index is 11.4. The summed E-state index contributed by atoms with van der Waals surface area (Å²) in [6, 6.07) is 3.11. The maximum atomic E-state index is 11.4. The van der Waals surface area contributed by atoms with Crippen LogP contribution in [0.25, 0.3) is 0 Å². The molecule has 6 rings (SSSR count). The summed E-state index contributed by atoms with van der Waals surface area (Å²) in [5.74, 6) is -1.01. The van der Waals surface area contributed by atoms with Gasteiger partial charge in [-0.3, -0.25) is 0 Å². The fourth-order valence-corrected chi connectivity index (χ4v) is 55.6. The lowest BCUT2D eigenvalue weighted by Crippen LogP contribution is -2.88. The summed E-state index contributed by atoms with van der Waals surface area (Å²) in [5.41, 5.74) is 0.144. The molecular formula is C21H46O14Si8. The maximum Gasteiger partial charge on any atom is 0.478 e. The highest BCUT2D eigenvalue weighted by Gasteiger charge is 2.81. The first kappa shape index (κ1) is 34.8. The van der Waals surface area contributed by atoms with Gasteiger partial charge in [0.15, 0.2) is 0 Å². The zero-order chi connectivity index (χ0) is 31.4. The number of carboxylic acids is 1. The van der Waals surface area contributed by atoms with Gasteiger partial charge in [-0.05, 0) is 19.3 Å². The van der Waals surface area contributed by atoms with Gasteiger partial charge in [-0.2, -0.15) is 0 Å². The van der Waals surface area contributed by atoms with Gasteiger partial charge in [0.05, 0.1) is 0 Å². The Kier molecular flexibility index (Phi) is 9.84. The van der Waals surface area contributed by atoms with Crippen molar-refractivity contribution in [1.29, 1.82) is 0 Å². The Labute approximate surface area is 263 Å². The van der Waals surface area contributed by atoms with E-state index in [4.69, 9.17) is 49.4 Å². The molecule has 6 aliphatic rings. The van der Waals surface area contributed by atoms with Crippen LogP contribution in [-0.4, -0.2) is 81.5 Å². The lowest BCUT2D eigenvalue weighted by Gasteiger charge is -2.63. The monoisotopic (exact) mass is 746 g/mol. The number of hydrogen-bond acceptors (Lipinski definition) is 13. The summed E-state index contributed by atoms with van der Waals surface area (Å²) in [4.78, 5) is 11.4. The molecule has 0 amide bonds. The van der Waals surface area contributed by atoms with Crippen LogP contribution >= 0.6 is 0 Å². The van der Waals surface area contributed by atoms with E-state index in [0.717, 1.165) is 0 Å². The van der Waals surface area contributed by atoms with E-state index in [1.165, 1.54) is 0 Å². The minimum absolute atomic E-state index is 0.144. The van der Waals surface area contributed by atoms with E-state index >= 15 is 0 Å². The number of unbranched alkanes of at least 4 members (excludes halogenated alkanes) is 1. The molecule has 1 N–H and O–H groups in total. The molecule has 6 saturated heterocycles. The minimum atomic E-state index is -3.83. The SMILES string of the molecule is C=C(CCCC[Si]12O[Si]3(CC)O[Si]4(CC)O[Si]5(CC)O[Si](CC)(O3)O[Si](CC)(O[Si](CC)(O5)O[Si](CC)(O4)O1)O2)C(=O)O. The van der Waals surface area contributed by atoms with Crippen molar-refractivity contribution in [3.05, 3.63) is 12.2 Å². The molecule has 0 radical (unpaired) electrons. The Bertz CT molecular complexity index is 979. The molecule has 8 bridgehead atoms. The number of rotatable bonds is 13. The van der Waals surface area contributed by atoms with E-state index < -0.39 is 76.4 Å². The summed E-state index contributed by atoms with van der Waals surface area (Å²) in [7, 11) is -29.6. The summed E-state index contributed by atoms with van der Waals surface area (Å²) >= 11 is 0. The van der Waals surface area contributed by atoms with Gasteiger partial charge in [0, 0.05) is 53.9 Å². The van der Waals surface area contributed by atoms with E-state index in [1.54, 1.807) is 0 Å². The first-order valence-corrected chi connectivity index (χ1v) is 31.0. The van der Waals surface area contributed by atoms with Crippen molar-refractivity contribution in [3.63, 3.8) is 0 Å². The van der Waals surface area contributed by atoms with Crippen molar-refractivity contribution < 1.29 is 59.3 Å². The number of aliphatic carboxylic acids is 1.